The van der Waals surface area contributed by atoms with E-state index in [1.165, 1.54) is 7.11 Å². The van der Waals surface area contributed by atoms with E-state index in [0.29, 0.717) is 13.0 Å². The number of amides is 1. The number of hydrogen-bond acceptors (Lipinski definition) is 5. The third-order valence-electron chi connectivity index (χ3n) is 2.00. The molecule has 0 radical (unpaired) electrons. The largest absolute Gasteiger partial charge is 0.375 e. The van der Waals surface area contributed by atoms with Crippen LogP contribution < -0.4 is 5.32 Å². The minimum atomic E-state index is -0.133. The van der Waals surface area contributed by atoms with E-state index in [1.54, 1.807) is 4.68 Å². The molecule has 0 saturated carbocycles. The van der Waals surface area contributed by atoms with Gasteiger partial charge in [-0.2, -0.15) is 0 Å². The normalized spacial score (nSPS) is 10.8. The Kier molecular flexibility index (Phi) is 4.84. The molecule has 0 spiro atoms. The van der Waals surface area contributed by atoms with Gasteiger partial charge in [0.25, 0.3) is 0 Å². The Morgan fingerprint density at radius 1 is 1.56 bits per heavy atom. The van der Waals surface area contributed by atoms with Crippen LogP contribution in [0.5, 0.6) is 0 Å². The molecule has 16 heavy (non-hydrogen) atoms. The van der Waals surface area contributed by atoms with Crippen LogP contribution in [0.2, 0.25) is 0 Å². The van der Waals surface area contributed by atoms with Crippen molar-refractivity contribution in [2.24, 2.45) is 0 Å². The first-order valence-electron chi connectivity index (χ1n) is 5.17. The Morgan fingerprint density at radius 2 is 2.31 bits per heavy atom. The number of methoxy groups -OCH3 is 1. The molecule has 1 rings (SSSR count). The second-order valence-electron chi connectivity index (χ2n) is 3.67. The van der Waals surface area contributed by atoms with Gasteiger partial charge in [-0.05, 0) is 24.3 Å². The third kappa shape index (κ3) is 3.58. The summed E-state index contributed by atoms with van der Waals surface area (Å²) in [5, 5.41) is 14.1. The lowest BCUT2D eigenvalue weighted by Crippen LogP contribution is -2.29. The molecule has 0 saturated heterocycles. The highest BCUT2D eigenvalue weighted by atomic mass is 16.5. The van der Waals surface area contributed by atoms with E-state index in [1.807, 2.05) is 13.8 Å². The lowest BCUT2D eigenvalue weighted by molar-refractivity contribution is -0.124. The minimum absolute atomic E-state index is 0.0785. The van der Waals surface area contributed by atoms with Crippen molar-refractivity contribution in [3.05, 3.63) is 5.82 Å². The first kappa shape index (κ1) is 12.6. The highest BCUT2D eigenvalue weighted by Gasteiger charge is 2.09. The number of aromatic nitrogens is 4. The van der Waals surface area contributed by atoms with Crippen LogP contribution in [0.15, 0.2) is 0 Å². The van der Waals surface area contributed by atoms with Crippen LogP contribution >= 0.6 is 0 Å². The van der Waals surface area contributed by atoms with Gasteiger partial charge >= 0.3 is 0 Å². The van der Waals surface area contributed by atoms with Crippen molar-refractivity contribution >= 4 is 5.91 Å². The fourth-order valence-corrected chi connectivity index (χ4v) is 1.27. The van der Waals surface area contributed by atoms with E-state index in [0.717, 1.165) is 5.82 Å². The van der Waals surface area contributed by atoms with Crippen LogP contribution in [0.4, 0.5) is 0 Å². The van der Waals surface area contributed by atoms with E-state index in [4.69, 9.17) is 4.74 Å². The maximum Gasteiger partial charge on any atom is 0.245 e. The zero-order chi connectivity index (χ0) is 12.0. The summed E-state index contributed by atoms with van der Waals surface area (Å²) in [5.41, 5.74) is 0. The van der Waals surface area contributed by atoms with Gasteiger partial charge < -0.3 is 10.1 Å². The fourth-order valence-electron chi connectivity index (χ4n) is 1.27. The quantitative estimate of drug-likeness (QED) is 0.712. The molecule has 0 aliphatic heterocycles. The lowest BCUT2D eigenvalue weighted by atomic mass is 10.3. The standard InChI is InChI=1S/C9H17N5O2/c1-7(2)14-8(11-12-13-14)4-5-10-9(15)6-16-3/h7H,4-6H2,1-3H3,(H,10,15). The van der Waals surface area contributed by atoms with Gasteiger partial charge in [-0.3, -0.25) is 4.79 Å². The molecule has 90 valence electrons. The highest BCUT2D eigenvalue weighted by molar-refractivity contribution is 5.77. The molecule has 7 heteroatoms. The number of nitrogens with zero attached hydrogens (tertiary/aromatic N) is 4. The number of tetrazole rings is 1. The van der Waals surface area contributed by atoms with E-state index >= 15 is 0 Å². The molecule has 1 heterocycles. The van der Waals surface area contributed by atoms with Crippen LogP contribution in [-0.4, -0.2) is 46.4 Å². The summed E-state index contributed by atoms with van der Waals surface area (Å²) in [6.07, 6.45) is 0.612. The van der Waals surface area contributed by atoms with Gasteiger partial charge in [-0.25, -0.2) is 4.68 Å². The molecule has 1 amide bonds. The molecule has 0 aromatic carbocycles. The fraction of sp³-hybridized carbons (Fsp3) is 0.778. The number of hydrogen-bond donors (Lipinski definition) is 1. The van der Waals surface area contributed by atoms with E-state index in [9.17, 15) is 4.79 Å². The number of rotatable bonds is 6. The lowest BCUT2D eigenvalue weighted by Gasteiger charge is -2.08. The summed E-state index contributed by atoms with van der Waals surface area (Å²) in [6, 6.07) is 0.222. The molecule has 0 bridgehead atoms. The van der Waals surface area contributed by atoms with Crippen LogP contribution in [0.3, 0.4) is 0 Å². The van der Waals surface area contributed by atoms with Gasteiger partial charge in [-0.15, -0.1) is 5.10 Å². The summed E-state index contributed by atoms with van der Waals surface area (Å²) in [4.78, 5) is 11.1. The summed E-state index contributed by atoms with van der Waals surface area (Å²) in [5.74, 6) is 0.638. The Bertz CT molecular complexity index is 336. The molecule has 1 aromatic rings. The number of carbonyl (C=O) groups is 1. The van der Waals surface area contributed by atoms with Crippen molar-refractivity contribution in [2.45, 2.75) is 26.3 Å². The molecule has 0 aliphatic rings. The first-order chi connectivity index (χ1) is 7.65. The average molecular weight is 227 g/mol. The van der Waals surface area contributed by atoms with Crippen molar-refractivity contribution in [3.63, 3.8) is 0 Å². The monoisotopic (exact) mass is 227 g/mol. The second-order valence-corrected chi connectivity index (χ2v) is 3.67. The Labute approximate surface area is 94.2 Å². The second kappa shape index (κ2) is 6.16. The number of carbonyl (C=O) groups excluding carboxylic acids is 1. The predicted octanol–water partition coefficient (Wildman–Crippen LogP) is -0.441. The minimum Gasteiger partial charge on any atom is -0.375 e. The average Bonchev–Trinajstić information content (AvgIpc) is 2.66. The summed E-state index contributed by atoms with van der Waals surface area (Å²) in [7, 11) is 1.49. The van der Waals surface area contributed by atoms with Crippen molar-refractivity contribution in [2.75, 3.05) is 20.3 Å². The van der Waals surface area contributed by atoms with E-state index in [2.05, 4.69) is 20.8 Å². The number of ether oxygens (including phenoxy) is 1. The SMILES string of the molecule is COCC(=O)NCCc1nnnn1C(C)C. The van der Waals surface area contributed by atoms with Crippen LogP contribution in [0.25, 0.3) is 0 Å². The van der Waals surface area contributed by atoms with Gasteiger partial charge in [0, 0.05) is 20.1 Å². The molecule has 0 atom stereocenters. The van der Waals surface area contributed by atoms with Crippen LogP contribution in [0, 0.1) is 0 Å². The Hall–Kier alpha value is -1.50. The molecule has 1 aromatic heterocycles. The van der Waals surface area contributed by atoms with Crippen molar-refractivity contribution < 1.29 is 9.53 Å². The zero-order valence-electron chi connectivity index (χ0n) is 9.80. The molecular formula is C9H17N5O2. The topological polar surface area (TPSA) is 81.9 Å². The molecule has 0 aliphatic carbocycles. The van der Waals surface area contributed by atoms with E-state index < -0.39 is 0 Å². The van der Waals surface area contributed by atoms with Crippen molar-refractivity contribution in [1.82, 2.24) is 25.5 Å². The third-order valence-corrected chi connectivity index (χ3v) is 2.00. The zero-order valence-corrected chi connectivity index (χ0v) is 9.80. The molecule has 0 fully saturated rings. The van der Waals surface area contributed by atoms with Gasteiger partial charge in [0.1, 0.15) is 6.61 Å². The molecular weight excluding hydrogens is 210 g/mol. The first-order valence-corrected chi connectivity index (χ1v) is 5.17. The Balaban J connectivity index is 2.37. The maximum absolute atomic E-state index is 11.1. The van der Waals surface area contributed by atoms with Crippen molar-refractivity contribution in [3.8, 4) is 0 Å². The summed E-state index contributed by atoms with van der Waals surface area (Å²) >= 11 is 0. The predicted molar refractivity (Wildman–Crippen MR) is 56.8 cm³/mol. The maximum atomic E-state index is 11.1. The molecule has 1 N–H and O–H groups in total. The highest BCUT2D eigenvalue weighted by Crippen LogP contribution is 2.03. The summed E-state index contributed by atoms with van der Waals surface area (Å²) < 4.78 is 6.43. The van der Waals surface area contributed by atoms with Crippen LogP contribution in [-0.2, 0) is 16.0 Å². The summed E-state index contributed by atoms with van der Waals surface area (Å²) in [6.45, 7) is 4.59. The molecule has 7 nitrogen and oxygen atoms in total. The molecule has 0 unspecified atom stereocenters. The Morgan fingerprint density at radius 3 is 2.94 bits per heavy atom. The van der Waals surface area contributed by atoms with E-state index in [-0.39, 0.29) is 18.6 Å². The van der Waals surface area contributed by atoms with Gasteiger partial charge in [-0.1, -0.05) is 0 Å². The van der Waals surface area contributed by atoms with Crippen molar-refractivity contribution in [1.29, 1.82) is 0 Å². The van der Waals surface area contributed by atoms with Gasteiger partial charge in [0.2, 0.25) is 5.91 Å². The van der Waals surface area contributed by atoms with Crippen LogP contribution in [0.1, 0.15) is 25.7 Å². The van der Waals surface area contributed by atoms with Gasteiger partial charge in [0.05, 0.1) is 6.04 Å². The number of nitrogens with one attached hydrogen (secondary N) is 1. The van der Waals surface area contributed by atoms with Gasteiger partial charge in [0.15, 0.2) is 5.82 Å². The smallest absolute Gasteiger partial charge is 0.245 e.